The van der Waals surface area contributed by atoms with Crippen LogP contribution in [0.15, 0.2) is 42.5 Å². The Morgan fingerprint density at radius 2 is 1.86 bits per heavy atom. The van der Waals surface area contributed by atoms with Crippen LogP contribution in [0, 0.1) is 6.92 Å². The minimum atomic E-state index is 0.482. The van der Waals surface area contributed by atoms with Gasteiger partial charge >= 0.3 is 0 Å². The number of nitrogens with one attached hydrogen (secondary N) is 2. The molecule has 1 aliphatic rings. The maximum atomic E-state index is 3.63. The lowest BCUT2D eigenvalue weighted by Gasteiger charge is -2.20. The molecule has 0 bridgehead atoms. The standard InChI is InChI=1S/C20H26N2/c1-15-5-7-17(8-6-15)14-22-16(2)12-18-9-10-20-19(13-18)4-3-11-21-20/h5-10,13,16,21-22H,3-4,11-12,14H2,1-2H3. The molecule has 2 N–H and O–H groups in total. The summed E-state index contributed by atoms with van der Waals surface area (Å²) < 4.78 is 0. The number of aryl methyl sites for hydroxylation is 2. The van der Waals surface area contributed by atoms with Crippen molar-refractivity contribution in [1.29, 1.82) is 0 Å². The summed E-state index contributed by atoms with van der Waals surface area (Å²) in [5, 5.41) is 7.11. The van der Waals surface area contributed by atoms with E-state index in [1.807, 2.05) is 0 Å². The first-order valence-electron chi connectivity index (χ1n) is 8.35. The van der Waals surface area contributed by atoms with Crippen molar-refractivity contribution in [2.75, 3.05) is 11.9 Å². The van der Waals surface area contributed by atoms with Gasteiger partial charge in [-0.2, -0.15) is 0 Å². The van der Waals surface area contributed by atoms with Crippen LogP contribution in [-0.2, 0) is 19.4 Å². The second-order valence-corrected chi connectivity index (χ2v) is 6.49. The Hall–Kier alpha value is -1.80. The quantitative estimate of drug-likeness (QED) is 0.868. The first kappa shape index (κ1) is 15.1. The predicted molar refractivity (Wildman–Crippen MR) is 94.4 cm³/mol. The van der Waals surface area contributed by atoms with E-state index in [0.29, 0.717) is 6.04 Å². The molecular weight excluding hydrogens is 268 g/mol. The Kier molecular flexibility index (Phi) is 4.79. The molecule has 0 aromatic heterocycles. The third kappa shape index (κ3) is 3.89. The van der Waals surface area contributed by atoms with Crippen molar-refractivity contribution in [2.24, 2.45) is 0 Å². The third-order valence-electron chi connectivity index (χ3n) is 4.43. The number of rotatable bonds is 5. The SMILES string of the molecule is Cc1ccc(CNC(C)Cc2ccc3c(c2)CCCN3)cc1. The van der Waals surface area contributed by atoms with Crippen molar-refractivity contribution >= 4 is 5.69 Å². The number of benzene rings is 2. The summed E-state index contributed by atoms with van der Waals surface area (Å²) in [6.45, 7) is 6.45. The molecule has 0 amide bonds. The van der Waals surface area contributed by atoms with Crippen LogP contribution in [0.3, 0.4) is 0 Å². The lowest BCUT2D eigenvalue weighted by atomic mass is 9.98. The first-order chi connectivity index (χ1) is 10.7. The van der Waals surface area contributed by atoms with Crippen LogP contribution in [0.1, 0.15) is 35.6 Å². The zero-order valence-electron chi connectivity index (χ0n) is 13.7. The lowest BCUT2D eigenvalue weighted by molar-refractivity contribution is 0.545. The van der Waals surface area contributed by atoms with Crippen molar-refractivity contribution in [1.82, 2.24) is 5.32 Å². The van der Waals surface area contributed by atoms with Gasteiger partial charge in [-0.3, -0.25) is 0 Å². The molecule has 2 aromatic carbocycles. The molecule has 2 nitrogen and oxygen atoms in total. The summed E-state index contributed by atoms with van der Waals surface area (Å²) in [5.74, 6) is 0. The van der Waals surface area contributed by atoms with Gasteiger partial charge in [0, 0.05) is 24.8 Å². The average Bonchev–Trinajstić information content (AvgIpc) is 2.54. The molecule has 0 aliphatic carbocycles. The topological polar surface area (TPSA) is 24.1 Å². The van der Waals surface area contributed by atoms with E-state index < -0.39 is 0 Å². The van der Waals surface area contributed by atoms with Crippen molar-refractivity contribution in [3.8, 4) is 0 Å². The fraction of sp³-hybridized carbons (Fsp3) is 0.400. The average molecular weight is 294 g/mol. The van der Waals surface area contributed by atoms with Gasteiger partial charge in [-0.25, -0.2) is 0 Å². The molecule has 22 heavy (non-hydrogen) atoms. The number of anilines is 1. The molecule has 1 unspecified atom stereocenters. The van der Waals surface area contributed by atoms with E-state index in [2.05, 4.69) is 66.9 Å². The highest BCUT2D eigenvalue weighted by atomic mass is 14.9. The predicted octanol–water partition coefficient (Wildman–Crippen LogP) is 4.07. The van der Waals surface area contributed by atoms with Crippen LogP contribution < -0.4 is 10.6 Å². The van der Waals surface area contributed by atoms with E-state index in [0.717, 1.165) is 19.5 Å². The highest BCUT2D eigenvalue weighted by Gasteiger charge is 2.10. The van der Waals surface area contributed by atoms with Gasteiger partial charge in [-0.05, 0) is 55.9 Å². The normalized spacial score (nSPS) is 15.0. The first-order valence-corrected chi connectivity index (χ1v) is 8.35. The van der Waals surface area contributed by atoms with Gasteiger partial charge in [0.05, 0.1) is 0 Å². The highest BCUT2D eigenvalue weighted by molar-refractivity contribution is 5.54. The van der Waals surface area contributed by atoms with Crippen molar-refractivity contribution in [3.05, 3.63) is 64.7 Å². The molecule has 116 valence electrons. The molecule has 0 spiro atoms. The van der Waals surface area contributed by atoms with Crippen LogP contribution in [0.2, 0.25) is 0 Å². The number of hydrogen-bond donors (Lipinski definition) is 2. The summed E-state index contributed by atoms with van der Waals surface area (Å²) in [6.07, 6.45) is 3.54. The van der Waals surface area contributed by atoms with Crippen LogP contribution in [-0.4, -0.2) is 12.6 Å². The molecule has 0 fully saturated rings. The summed E-state index contributed by atoms with van der Waals surface area (Å²) in [6, 6.07) is 16.1. The van der Waals surface area contributed by atoms with Crippen molar-refractivity contribution in [3.63, 3.8) is 0 Å². The Morgan fingerprint density at radius 3 is 2.68 bits per heavy atom. The van der Waals surface area contributed by atoms with Crippen molar-refractivity contribution in [2.45, 2.75) is 45.7 Å². The van der Waals surface area contributed by atoms with Gasteiger partial charge < -0.3 is 10.6 Å². The maximum absolute atomic E-state index is 3.63. The van der Waals surface area contributed by atoms with Gasteiger partial charge in [0.2, 0.25) is 0 Å². The fourth-order valence-electron chi connectivity index (χ4n) is 3.08. The Morgan fingerprint density at radius 1 is 1.09 bits per heavy atom. The molecule has 0 radical (unpaired) electrons. The number of hydrogen-bond acceptors (Lipinski definition) is 2. The second kappa shape index (κ2) is 6.97. The zero-order valence-corrected chi connectivity index (χ0v) is 13.7. The van der Waals surface area contributed by atoms with Gasteiger partial charge in [0.1, 0.15) is 0 Å². The molecule has 3 rings (SSSR count). The number of fused-ring (bicyclic) bond motifs is 1. The molecule has 1 heterocycles. The van der Waals surface area contributed by atoms with E-state index in [-0.39, 0.29) is 0 Å². The maximum Gasteiger partial charge on any atom is 0.0372 e. The minimum Gasteiger partial charge on any atom is -0.385 e. The van der Waals surface area contributed by atoms with E-state index in [1.54, 1.807) is 0 Å². The van der Waals surface area contributed by atoms with Crippen LogP contribution >= 0.6 is 0 Å². The van der Waals surface area contributed by atoms with E-state index in [1.165, 1.54) is 40.8 Å². The van der Waals surface area contributed by atoms with Gasteiger partial charge in [0.25, 0.3) is 0 Å². The van der Waals surface area contributed by atoms with Crippen LogP contribution in [0.25, 0.3) is 0 Å². The Labute approximate surface area is 134 Å². The summed E-state index contributed by atoms with van der Waals surface area (Å²) in [4.78, 5) is 0. The van der Waals surface area contributed by atoms with E-state index in [4.69, 9.17) is 0 Å². The molecule has 0 saturated heterocycles. The Bertz CT molecular complexity index is 616. The van der Waals surface area contributed by atoms with Gasteiger partial charge in [0.15, 0.2) is 0 Å². The van der Waals surface area contributed by atoms with Crippen LogP contribution in [0.4, 0.5) is 5.69 Å². The molecule has 1 atom stereocenters. The van der Waals surface area contributed by atoms with E-state index in [9.17, 15) is 0 Å². The summed E-state index contributed by atoms with van der Waals surface area (Å²) in [7, 11) is 0. The second-order valence-electron chi connectivity index (χ2n) is 6.49. The highest BCUT2D eigenvalue weighted by Crippen LogP contribution is 2.23. The summed E-state index contributed by atoms with van der Waals surface area (Å²) in [5.41, 5.74) is 6.92. The van der Waals surface area contributed by atoms with E-state index >= 15 is 0 Å². The molecule has 2 aromatic rings. The molecular formula is C20H26N2. The lowest BCUT2D eigenvalue weighted by Crippen LogP contribution is -2.27. The third-order valence-corrected chi connectivity index (χ3v) is 4.43. The van der Waals surface area contributed by atoms with Crippen molar-refractivity contribution < 1.29 is 0 Å². The van der Waals surface area contributed by atoms with Crippen LogP contribution in [0.5, 0.6) is 0 Å². The van der Waals surface area contributed by atoms with Gasteiger partial charge in [-0.15, -0.1) is 0 Å². The largest absolute Gasteiger partial charge is 0.385 e. The monoisotopic (exact) mass is 294 g/mol. The zero-order chi connectivity index (χ0) is 15.4. The Balaban J connectivity index is 1.55. The summed E-state index contributed by atoms with van der Waals surface area (Å²) >= 11 is 0. The minimum absolute atomic E-state index is 0.482. The fourth-order valence-corrected chi connectivity index (χ4v) is 3.08. The van der Waals surface area contributed by atoms with Gasteiger partial charge in [-0.1, -0.05) is 42.0 Å². The molecule has 0 saturated carbocycles. The molecule has 2 heteroatoms. The smallest absolute Gasteiger partial charge is 0.0372 e. The molecule has 1 aliphatic heterocycles.